The van der Waals surface area contributed by atoms with Crippen LogP contribution >= 0.6 is 0 Å². The van der Waals surface area contributed by atoms with E-state index < -0.39 is 12.6 Å². The van der Waals surface area contributed by atoms with Gasteiger partial charge in [-0.2, -0.15) is 13.2 Å². The Morgan fingerprint density at radius 2 is 1.96 bits per heavy atom. The van der Waals surface area contributed by atoms with Crippen molar-refractivity contribution in [3.8, 4) is 0 Å². The SMILES string of the molecule is CCCCC1C(C2CCC(CCC(F)(F)F)C2)CC=C2CCCCC21C. The van der Waals surface area contributed by atoms with Gasteiger partial charge in [0.1, 0.15) is 0 Å². The topological polar surface area (TPSA) is 0 Å². The molecular weight excluding hydrogens is 333 g/mol. The Hall–Kier alpha value is -0.470. The number of alkyl halides is 3. The highest BCUT2D eigenvalue weighted by atomic mass is 19.4. The van der Waals surface area contributed by atoms with Crippen LogP contribution in [0.5, 0.6) is 0 Å². The van der Waals surface area contributed by atoms with Crippen molar-refractivity contribution in [2.75, 3.05) is 0 Å². The highest BCUT2D eigenvalue weighted by Gasteiger charge is 2.47. The summed E-state index contributed by atoms with van der Waals surface area (Å²) in [5.74, 6) is 2.43. The first-order chi connectivity index (χ1) is 12.3. The van der Waals surface area contributed by atoms with Crippen molar-refractivity contribution >= 4 is 0 Å². The zero-order valence-electron chi connectivity index (χ0n) is 16.7. The van der Waals surface area contributed by atoms with Crippen molar-refractivity contribution in [1.82, 2.24) is 0 Å². The first kappa shape index (κ1) is 20.3. The van der Waals surface area contributed by atoms with Crippen molar-refractivity contribution < 1.29 is 13.2 Å². The average molecular weight is 371 g/mol. The van der Waals surface area contributed by atoms with Gasteiger partial charge in [-0.25, -0.2) is 0 Å². The van der Waals surface area contributed by atoms with E-state index in [0.717, 1.165) is 25.2 Å². The second-order valence-electron chi connectivity index (χ2n) is 9.60. The molecule has 3 heteroatoms. The van der Waals surface area contributed by atoms with Crippen molar-refractivity contribution in [3.63, 3.8) is 0 Å². The van der Waals surface area contributed by atoms with Crippen LogP contribution in [0, 0.1) is 29.1 Å². The van der Waals surface area contributed by atoms with Gasteiger partial charge in [0.15, 0.2) is 0 Å². The summed E-state index contributed by atoms with van der Waals surface area (Å²) in [6, 6.07) is 0. The summed E-state index contributed by atoms with van der Waals surface area (Å²) in [6.07, 6.45) is 11.9. The molecule has 0 aromatic carbocycles. The minimum atomic E-state index is -3.99. The molecule has 3 aliphatic carbocycles. The number of hydrogen-bond donors (Lipinski definition) is 0. The van der Waals surface area contributed by atoms with E-state index in [-0.39, 0.29) is 0 Å². The molecule has 0 nitrogen and oxygen atoms in total. The minimum Gasteiger partial charge on any atom is -0.171 e. The van der Waals surface area contributed by atoms with E-state index in [1.165, 1.54) is 51.4 Å². The first-order valence-electron chi connectivity index (χ1n) is 11.1. The summed E-state index contributed by atoms with van der Waals surface area (Å²) in [4.78, 5) is 0. The summed E-state index contributed by atoms with van der Waals surface area (Å²) in [7, 11) is 0. The number of rotatable bonds is 6. The van der Waals surface area contributed by atoms with Gasteiger partial charge in [-0.15, -0.1) is 0 Å². The normalized spacial score (nSPS) is 38.1. The van der Waals surface area contributed by atoms with Gasteiger partial charge in [0.05, 0.1) is 0 Å². The van der Waals surface area contributed by atoms with Gasteiger partial charge in [0, 0.05) is 6.42 Å². The molecule has 0 aliphatic heterocycles. The van der Waals surface area contributed by atoms with E-state index in [0.29, 0.717) is 29.6 Å². The van der Waals surface area contributed by atoms with Gasteiger partial charge in [-0.3, -0.25) is 0 Å². The van der Waals surface area contributed by atoms with Crippen LogP contribution in [-0.2, 0) is 0 Å². The molecular formula is C23H37F3. The third-order valence-corrected chi connectivity index (χ3v) is 7.99. The average Bonchev–Trinajstić information content (AvgIpc) is 3.05. The van der Waals surface area contributed by atoms with E-state index in [9.17, 15) is 13.2 Å². The van der Waals surface area contributed by atoms with Crippen molar-refractivity contribution in [2.24, 2.45) is 29.1 Å². The molecule has 26 heavy (non-hydrogen) atoms. The van der Waals surface area contributed by atoms with Crippen LogP contribution in [0.2, 0.25) is 0 Å². The van der Waals surface area contributed by atoms with Gasteiger partial charge in [0.2, 0.25) is 0 Å². The Kier molecular flexibility index (Phi) is 6.45. The van der Waals surface area contributed by atoms with Gasteiger partial charge >= 0.3 is 6.18 Å². The van der Waals surface area contributed by atoms with Crippen molar-refractivity contribution in [3.05, 3.63) is 11.6 Å². The van der Waals surface area contributed by atoms with E-state index in [1.54, 1.807) is 5.57 Å². The van der Waals surface area contributed by atoms with Crippen molar-refractivity contribution in [2.45, 2.75) is 103 Å². The monoisotopic (exact) mass is 370 g/mol. The molecule has 2 fully saturated rings. The molecule has 150 valence electrons. The van der Waals surface area contributed by atoms with Crippen LogP contribution < -0.4 is 0 Å². The van der Waals surface area contributed by atoms with E-state index >= 15 is 0 Å². The quantitative estimate of drug-likeness (QED) is 0.415. The molecule has 0 radical (unpaired) electrons. The Morgan fingerprint density at radius 3 is 2.69 bits per heavy atom. The molecule has 0 N–H and O–H groups in total. The lowest BCUT2D eigenvalue weighted by molar-refractivity contribution is -0.137. The summed E-state index contributed by atoms with van der Waals surface area (Å²) in [5.41, 5.74) is 2.09. The highest BCUT2D eigenvalue weighted by Crippen LogP contribution is 2.57. The maximum atomic E-state index is 12.6. The van der Waals surface area contributed by atoms with Gasteiger partial charge in [0.25, 0.3) is 0 Å². The zero-order valence-corrected chi connectivity index (χ0v) is 16.7. The predicted octanol–water partition coefficient (Wildman–Crippen LogP) is 8.08. The van der Waals surface area contributed by atoms with E-state index in [2.05, 4.69) is 19.9 Å². The summed E-state index contributed by atoms with van der Waals surface area (Å²) in [6.45, 7) is 4.79. The lowest BCUT2D eigenvalue weighted by atomic mass is 9.54. The van der Waals surface area contributed by atoms with E-state index in [1.807, 2.05) is 0 Å². The lowest BCUT2D eigenvalue weighted by Crippen LogP contribution is -2.41. The number of unbranched alkanes of at least 4 members (excludes halogenated alkanes) is 1. The molecule has 0 aromatic rings. The molecule has 0 amide bonds. The number of hydrogen-bond acceptors (Lipinski definition) is 0. The molecule has 5 unspecified atom stereocenters. The minimum absolute atomic E-state index is 0.304. The van der Waals surface area contributed by atoms with Crippen molar-refractivity contribution in [1.29, 1.82) is 0 Å². The Morgan fingerprint density at radius 1 is 1.15 bits per heavy atom. The third kappa shape index (κ3) is 4.50. The summed E-state index contributed by atoms with van der Waals surface area (Å²) < 4.78 is 37.8. The van der Waals surface area contributed by atoms with Crippen LogP contribution in [-0.4, -0.2) is 6.18 Å². The molecule has 3 rings (SSSR count). The summed E-state index contributed by atoms with van der Waals surface area (Å²) >= 11 is 0. The molecule has 0 saturated heterocycles. The fourth-order valence-corrected chi connectivity index (χ4v) is 6.54. The fourth-order valence-electron chi connectivity index (χ4n) is 6.54. The Labute approximate surface area is 158 Å². The fraction of sp³-hybridized carbons (Fsp3) is 0.913. The second-order valence-corrected chi connectivity index (χ2v) is 9.60. The Balaban J connectivity index is 1.68. The molecule has 0 bridgehead atoms. The molecule has 3 aliphatic rings. The smallest absolute Gasteiger partial charge is 0.171 e. The van der Waals surface area contributed by atoms with Gasteiger partial charge < -0.3 is 0 Å². The Bertz CT molecular complexity index is 492. The number of halogens is 3. The standard InChI is InChI=1S/C23H37F3/c1-3-4-8-21-20(12-11-19-7-5-6-14-22(19,21)2)18-10-9-17(16-18)13-15-23(24,25)26/h11,17-18,20-21H,3-10,12-16H2,1-2H3. The predicted molar refractivity (Wildman–Crippen MR) is 102 cm³/mol. The molecule has 2 saturated carbocycles. The van der Waals surface area contributed by atoms with Crippen LogP contribution in [0.1, 0.15) is 97.3 Å². The van der Waals surface area contributed by atoms with Gasteiger partial charge in [-0.1, -0.05) is 51.2 Å². The van der Waals surface area contributed by atoms with Gasteiger partial charge in [-0.05, 0) is 80.5 Å². The van der Waals surface area contributed by atoms with E-state index in [4.69, 9.17) is 0 Å². The maximum Gasteiger partial charge on any atom is 0.389 e. The number of allylic oxidation sites excluding steroid dienone is 2. The second kappa shape index (κ2) is 8.27. The van der Waals surface area contributed by atoms with Crippen LogP contribution in [0.3, 0.4) is 0 Å². The van der Waals surface area contributed by atoms with Crippen LogP contribution in [0.4, 0.5) is 13.2 Å². The largest absolute Gasteiger partial charge is 0.389 e. The first-order valence-corrected chi connectivity index (χ1v) is 11.1. The van der Waals surface area contributed by atoms with Crippen LogP contribution in [0.25, 0.3) is 0 Å². The summed E-state index contributed by atoms with van der Waals surface area (Å²) in [5, 5.41) is 0. The zero-order chi connectivity index (χ0) is 18.8. The third-order valence-electron chi connectivity index (χ3n) is 7.99. The maximum absolute atomic E-state index is 12.6. The lowest BCUT2D eigenvalue weighted by Gasteiger charge is -2.51. The van der Waals surface area contributed by atoms with Crippen LogP contribution in [0.15, 0.2) is 11.6 Å². The molecule has 0 heterocycles. The highest BCUT2D eigenvalue weighted by molar-refractivity contribution is 5.22. The molecule has 0 spiro atoms. The number of fused-ring (bicyclic) bond motifs is 1. The molecule has 5 atom stereocenters. The molecule has 0 aromatic heterocycles.